The van der Waals surface area contributed by atoms with Gasteiger partial charge >= 0.3 is 0 Å². The van der Waals surface area contributed by atoms with Gasteiger partial charge in [-0.15, -0.1) is 0 Å². The van der Waals surface area contributed by atoms with Gasteiger partial charge in [0.2, 0.25) is 6.41 Å². The van der Waals surface area contributed by atoms with E-state index in [0.717, 1.165) is 37.5 Å². The van der Waals surface area contributed by atoms with Gasteiger partial charge in [-0.1, -0.05) is 25.0 Å². The number of carbonyl (C=O) groups excluding carboxylic acids is 2. The number of aromatic nitrogens is 2. The zero-order valence-corrected chi connectivity index (χ0v) is 20.9. The van der Waals surface area contributed by atoms with Crippen molar-refractivity contribution in [2.75, 3.05) is 36.4 Å². The molecule has 36 heavy (non-hydrogen) atoms. The third-order valence-corrected chi connectivity index (χ3v) is 8.06. The van der Waals surface area contributed by atoms with Crippen molar-refractivity contribution in [1.29, 1.82) is 0 Å². The lowest BCUT2D eigenvalue weighted by atomic mass is 9.88. The fraction of sp³-hybridized carbons (Fsp3) is 0.556. The van der Waals surface area contributed by atoms with Crippen LogP contribution in [0.3, 0.4) is 0 Å². The highest BCUT2D eigenvalue weighted by Gasteiger charge is 2.28. The van der Waals surface area contributed by atoms with Crippen molar-refractivity contribution in [2.45, 2.75) is 69.4 Å². The molecule has 1 saturated carbocycles. The number of hydrogen-bond acceptors (Lipinski definition) is 7. The van der Waals surface area contributed by atoms with E-state index in [4.69, 9.17) is 10.7 Å². The standard InChI is InChI=1S/C27H37N7O2/c28-26(36)25-27(32-24(16-29-25)34-13-3-4-22(17-34)30-18-35)31-21-9-7-19(8-10-21)20-11-14-33(15-12-20)23-5-1-2-6-23/h7-10,16,18,20,22-23H,1-6,11-15,17H2,(H2,28,36)(H,30,35)(H,31,32). The van der Waals surface area contributed by atoms with Crippen LogP contribution in [0.2, 0.25) is 0 Å². The first-order chi connectivity index (χ1) is 17.6. The van der Waals surface area contributed by atoms with E-state index in [0.29, 0.717) is 24.1 Å². The maximum atomic E-state index is 12.0. The average molecular weight is 492 g/mol. The van der Waals surface area contributed by atoms with Crippen LogP contribution in [0.4, 0.5) is 17.3 Å². The van der Waals surface area contributed by atoms with E-state index in [1.165, 1.54) is 57.2 Å². The summed E-state index contributed by atoms with van der Waals surface area (Å²) in [7, 11) is 0. The lowest BCUT2D eigenvalue weighted by molar-refractivity contribution is -0.110. The number of piperidine rings is 2. The molecule has 2 aromatic rings. The minimum atomic E-state index is -0.624. The third-order valence-electron chi connectivity index (χ3n) is 8.06. The minimum absolute atomic E-state index is 0.0721. The smallest absolute Gasteiger partial charge is 0.271 e. The van der Waals surface area contributed by atoms with E-state index >= 15 is 0 Å². The Kier molecular flexibility index (Phi) is 7.65. The molecule has 9 nitrogen and oxygen atoms in total. The Morgan fingerprint density at radius 1 is 1.00 bits per heavy atom. The van der Waals surface area contributed by atoms with Gasteiger partial charge in [-0.3, -0.25) is 9.59 Å². The van der Waals surface area contributed by atoms with Crippen LogP contribution in [0.1, 0.15) is 73.3 Å². The van der Waals surface area contributed by atoms with E-state index in [-0.39, 0.29) is 11.7 Å². The number of nitrogens with one attached hydrogen (secondary N) is 2. The van der Waals surface area contributed by atoms with Gasteiger partial charge in [0.25, 0.3) is 5.91 Å². The fourth-order valence-corrected chi connectivity index (χ4v) is 6.06. The first-order valence-corrected chi connectivity index (χ1v) is 13.3. The summed E-state index contributed by atoms with van der Waals surface area (Å²) in [6.45, 7) is 3.85. The van der Waals surface area contributed by atoms with Gasteiger partial charge in [0, 0.05) is 30.9 Å². The Morgan fingerprint density at radius 2 is 1.75 bits per heavy atom. The highest BCUT2D eigenvalue weighted by molar-refractivity contribution is 5.96. The topological polar surface area (TPSA) is 116 Å². The average Bonchev–Trinajstić information content (AvgIpc) is 3.45. The molecule has 192 valence electrons. The zero-order valence-electron chi connectivity index (χ0n) is 20.9. The number of benzene rings is 1. The quantitative estimate of drug-likeness (QED) is 0.486. The van der Waals surface area contributed by atoms with Crippen LogP contribution in [-0.2, 0) is 4.79 Å². The Balaban J connectivity index is 1.25. The van der Waals surface area contributed by atoms with Crippen LogP contribution in [0.15, 0.2) is 30.5 Å². The van der Waals surface area contributed by atoms with Gasteiger partial charge in [-0.2, -0.15) is 0 Å². The first kappa shape index (κ1) is 24.5. The lowest BCUT2D eigenvalue weighted by Crippen LogP contribution is -2.45. The second-order valence-corrected chi connectivity index (χ2v) is 10.4. The molecule has 2 saturated heterocycles. The molecule has 2 amide bonds. The van der Waals surface area contributed by atoms with Gasteiger partial charge in [0.05, 0.1) is 6.20 Å². The van der Waals surface area contributed by atoms with E-state index in [1.54, 1.807) is 6.20 Å². The summed E-state index contributed by atoms with van der Waals surface area (Å²) >= 11 is 0. The van der Waals surface area contributed by atoms with E-state index in [2.05, 4.69) is 37.6 Å². The maximum absolute atomic E-state index is 12.0. The predicted octanol–water partition coefficient (Wildman–Crippen LogP) is 3.16. The predicted molar refractivity (Wildman–Crippen MR) is 141 cm³/mol. The molecule has 4 N–H and O–H groups in total. The maximum Gasteiger partial charge on any atom is 0.271 e. The van der Waals surface area contributed by atoms with Crippen LogP contribution in [0.25, 0.3) is 0 Å². The molecule has 1 aliphatic carbocycles. The second-order valence-electron chi connectivity index (χ2n) is 10.4. The summed E-state index contributed by atoms with van der Waals surface area (Å²) in [6, 6.07) is 9.33. The molecule has 0 spiro atoms. The van der Waals surface area contributed by atoms with Gasteiger partial charge in [-0.25, -0.2) is 9.97 Å². The van der Waals surface area contributed by atoms with Crippen molar-refractivity contribution in [3.8, 4) is 0 Å². The number of anilines is 3. The number of likely N-dealkylation sites (tertiary alicyclic amines) is 1. The Morgan fingerprint density at radius 3 is 2.44 bits per heavy atom. The number of carbonyl (C=O) groups is 2. The van der Waals surface area contributed by atoms with Crippen LogP contribution < -0.4 is 21.3 Å². The molecule has 0 bridgehead atoms. The Hall–Kier alpha value is -3.20. The molecular weight excluding hydrogens is 454 g/mol. The van der Waals surface area contributed by atoms with Crippen LogP contribution in [0, 0.1) is 0 Å². The highest BCUT2D eigenvalue weighted by atomic mass is 16.1. The van der Waals surface area contributed by atoms with Gasteiger partial charge < -0.3 is 26.2 Å². The summed E-state index contributed by atoms with van der Waals surface area (Å²) in [5, 5.41) is 6.12. The molecule has 2 aliphatic heterocycles. The molecule has 3 aliphatic rings. The minimum Gasteiger partial charge on any atom is -0.364 e. The van der Waals surface area contributed by atoms with Crippen LogP contribution in [0.5, 0.6) is 0 Å². The van der Waals surface area contributed by atoms with Crippen molar-refractivity contribution in [2.24, 2.45) is 5.73 Å². The molecule has 1 unspecified atom stereocenters. The third kappa shape index (κ3) is 5.61. The number of nitrogens with zero attached hydrogens (tertiary/aromatic N) is 4. The molecule has 3 heterocycles. The van der Waals surface area contributed by atoms with Crippen molar-refractivity contribution >= 4 is 29.6 Å². The zero-order chi connectivity index (χ0) is 24.9. The number of primary amides is 1. The van der Waals surface area contributed by atoms with Gasteiger partial charge in [-0.05, 0) is 75.2 Å². The number of hydrogen-bond donors (Lipinski definition) is 3. The van der Waals surface area contributed by atoms with Gasteiger partial charge in [0.1, 0.15) is 5.82 Å². The summed E-state index contributed by atoms with van der Waals surface area (Å²) in [5.74, 6) is 0.975. The summed E-state index contributed by atoms with van der Waals surface area (Å²) < 4.78 is 0. The van der Waals surface area contributed by atoms with Crippen LogP contribution in [-0.4, -0.2) is 65.4 Å². The summed E-state index contributed by atoms with van der Waals surface area (Å²) in [4.78, 5) is 36.7. The van der Waals surface area contributed by atoms with Crippen LogP contribution >= 0.6 is 0 Å². The molecule has 3 fully saturated rings. The van der Waals surface area contributed by atoms with Crippen molar-refractivity contribution < 1.29 is 9.59 Å². The largest absolute Gasteiger partial charge is 0.364 e. The number of rotatable bonds is 8. The first-order valence-electron chi connectivity index (χ1n) is 13.3. The molecular formula is C27H37N7O2. The van der Waals surface area contributed by atoms with E-state index in [1.807, 2.05) is 12.1 Å². The summed E-state index contributed by atoms with van der Waals surface area (Å²) in [6.07, 6.45) is 12.1. The number of amides is 2. The lowest BCUT2D eigenvalue weighted by Gasteiger charge is -2.36. The molecule has 1 aromatic carbocycles. The fourth-order valence-electron chi connectivity index (χ4n) is 6.06. The van der Waals surface area contributed by atoms with Crippen molar-refractivity contribution in [1.82, 2.24) is 20.2 Å². The monoisotopic (exact) mass is 491 g/mol. The van der Waals surface area contributed by atoms with Gasteiger partial charge in [0.15, 0.2) is 11.5 Å². The molecule has 0 radical (unpaired) electrons. The SMILES string of the molecule is NC(=O)c1ncc(N2CCCC(NC=O)C2)nc1Nc1ccc(C2CCN(C3CCCC3)CC2)cc1. The highest BCUT2D eigenvalue weighted by Crippen LogP contribution is 2.33. The second kappa shape index (κ2) is 11.2. The molecule has 5 rings (SSSR count). The van der Waals surface area contributed by atoms with Crippen molar-refractivity contribution in [3.05, 3.63) is 41.7 Å². The normalized spacial score (nSPS) is 21.9. The Labute approximate surface area is 212 Å². The molecule has 1 atom stereocenters. The molecule has 9 heteroatoms. The number of nitrogens with two attached hydrogens (primary N) is 1. The van der Waals surface area contributed by atoms with E-state index < -0.39 is 5.91 Å². The molecule has 1 aromatic heterocycles. The van der Waals surface area contributed by atoms with Crippen molar-refractivity contribution in [3.63, 3.8) is 0 Å². The Bertz CT molecular complexity index is 1050. The summed E-state index contributed by atoms with van der Waals surface area (Å²) in [5.41, 5.74) is 7.91. The van der Waals surface area contributed by atoms with E-state index in [9.17, 15) is 9.59 Å².